The highest BCUT2D eigenvalue weighted by Gasteiger charge is 2.54. The third-order valence-corrected chi connectivity index (χ3v) is 6.63. The largest absolute Gasteiger partial charge is 0.489 e. The fourth-order valence-corrected chi connectivity index (χ4v) is 4.90. The zero-order valence-electron chi connectivity index (χ0n) is 20.6. The van der Waals surface area contributed by atoms with Crippen LogP contribution in [-0.2, 0) is 9.53 Å². The van der Waals surface area contributed by atoms with E-state index in [9.17, 15) is 23.5 Å². The van der Waals surface area contributed by atoms with Gasteiger partial charge in [0.25, 0.3) is 11.8 Å². The maximum Gasteiger partial charge on any atom is 0.255 e. The van der Waals surface area contributed by atoms with Gasteiger partial charge < -0.3 is 36.4 Å². The molecule has 0 aromatic heterocycles. The number of nitrogens with two attached hydrogens (primary N) is 1. The summed E-state index contributed by atoms with van der Waals surface area (Å²) in [5.74, 6) is -3.09. The molecule has 0 bridgehead atoms. The zero-order valence-corrected chi connectivity index (χ0v) is 20.6. The number of hydrogen-bond acceptors (Lipinski definition) is 7. The standard InChI is InChI=1S/C26H30F2N4O5/c1-25(2,35)13-36-16-3-4-21(31-12-16)19(11-29)24(34)32-15-7-26(8-15)9-17(10-26)37-22-18(23(30)33)5-14(27)6-20(22)28/h3-6,11-12,15,17,29,31,35H,7-10,13H2,1-2H3,(H2,30,33)(H,32,34)/b21-19+,29-11?. The van der Waals surface area contributed by atoms with E-state index in [4.69, 9.17) is 20.6 Å². The van der Waals surface area contributed by atoms with Crippen LogP contribution < -0.4 is 21.1 Å². The van der Waals surface area contributed by atoms with E-state index in [-0.39, 0.29) is 47.0 Å². The van der Waals surface area contributed by atoms with Crippen LogP contribution in [0, 0.1) is 22.5 Å². The molecular weight excluding hydrogens is 486 g/mol. The molecule has 9 nitrogen and oxygen atoms in total. The molecule has 0 radical (unpaired) electrons. The predicted molar refractivity (Wildman–Crippen MR) is 131 cm³/mol. The van der Waals surface area contributed by atoms with Crippen LogP contribution in [0.15, 0.2) is 47.5 Å². The highest BCUT2D eigenvalue weighted by molar-refractivity contribution is 6.12. The minimum atomic E-state index is -0.985. The van der Waals surface area contributed by atoms with Gasteiger partial charge >= 0.3 is 0 Å². The van der Waals surface area contributed by atoms with E-state index in [0.29, 0.717) is 43.2 Å². The minimum absolute atomic E-state index is 0.0531. The van der Waals surface area contributed by atoms with Crippen LogP contribution in [0.4, 0.5) is 8.78 Å². The van der Waals surface area contributed by atoms with Crippen molar-refractivity contribution in [3.63, 3.8) is 0 Å². The van der Waals surface area contributed by atoms with Crippen LogP contribution in [0.1, 0.15) is 49.9 Å². The summed E-state index contributed by atoms with van der Waals surface area (Å²) in [7, 11) is 0. The Morgan fingerprint density at radius 3 is 2.54 bits per heavy atom. The molecule has 2 aliphatic carbocycles. The van der Waals surface area contributed by atoms with Gasteiger partial charge in [0.15, 0.2) is 11.6 Å². The first-order valence-electron chi connectivity index (χ1n) is 11.9. The number of benzene rings is 1. The Balaban J connectivity index is 1.27. The quantitative estimate of drug-likeness (QED) is 0.252. The van der Waals surface area contributed by atoms with Gasteiger partial charge in [-0.15, -0.1) is 0 Å². The third kappa shape index (κ3) is 5.99. The van der Waals surface area contributed by atoms with Crippen molar-refractivity contribution in [3.8, 4) is 5.75 Å². The molecule has 1 aliphatic heterocycles. The number of hydrogen-bond donors (Lipinski definition) is 5. The molecule has 198 valence electrons. The summed E-state index contributed by atoms with van der Waals surface area (Å²) >= 11 is 0. The van der Waals surface area contributed by atoms with Gasteiger partial charge in [-0.3, -0.25) is 9.59 Å². The monoisotopic (exact) mass is 516 g/mol. The van der Waals surface area contributed by atoms with Gasteiger partial charge in [-0.25, -0.2) is 8.78 Å². The number of halogens is 2. The molecule has 2 saturated carbocycles. The number of carbonyl (C=O) groups excluding carboxylic acids is 2. The van der Waals surface area contributed by atoms with Crippen molar-refractivity contribution in [1.29, 1.82) is 5.41 Å². The Morgan fingerprint density at radius 2 is 1.97 bits per heavy atom. The summed E-state index contributed by atoms with van der Waals surface area (Å²) in [5, 5.41) is 23.3. The number of primary amides is 1. The van der Waals surface area contributed by atoms with Crippen LogP contribution in [0.25, 0.3) is 0 Å². The van der Waals surface area contributed by atoms with E-state index in [1.807, 2.05) is 0 Å². The topological polar surface area (TPSA) is 147 Å². The molecule has 2 fully saturated rings. The van der Waals surface area contributed by atoms with Gasteiger partial charge in [-0.1, -0.05) is 0 Å². The fraction of sp³-hybridized carbons (Fsp3) is 0.423. The average molecular weight is 517 g/mol. The number of nitrogens with one attached hydrogen (secondary N) is 3. The number of allylic oxidation sites excluding steroid dienone is 2. The summed E-state index contributed by atoms with van der Waals surface area (Å²) < 4.78 is 38.8. The Hall–Kier alpha value is -3.73. The lowest BCUT2D eigenvalue weighted by Gasteiger charge is -2.57. The summed E-state index contributed by atoms with van der Waals surface area (Å²) in [6.07, 6.45) is 8.08. The summed E-state index contributed by atoms with van der Waals surface area (Å²) in [4.78, 5) is 24.3. The second-order valence-corrected chi connectivity index (χ2v) is 10.5. The van der Waals surface area contributed by atoms with E-state index < -0.39 is 23.1 Å². The Kier molecular flexibility index (Phi) is 7.09. The Bertz CT molecular complexity index is 1200. The first kappa shape index (κ1) is 26.3. The molecular formula is C26H30F2N4O5. The number of ether oxygens (including phenoxy) is 2. The maximum absolute atomic E-state index is 14.2. The second kappa shape index (κ2) is 9.97. The molecule has 6 N–H and O–H groups in total. The Morgan fingerprint density at radius 1 is 1.27 bits per heavy atom. The number of carbonyl (C=O) groups is 2. The number of dihydropyridines is 1. The SMILES string of the molecule is CC(C)(O)COC1=CN/C(=C(\C=N)C(=O)NC2CC3(C2)CC(Oc2c(F)cc(F)cc2C(N)=O)C3)C=C1. The number of rotatable bonds is 9. The average Bonchev–Trinajstić information content (AvgIpc) is 2.76. The minimum Gasteiger partial charge on any atom is -0.489 e. The van der Waals surface area contributed by atoms with Crippen molar-refractivity contribution < 1.29 is 33.0 Å². The zero-order chi connectivity index (χ0) is 27.0. The van der Waals surface area contributed by atoms with Crippen molar-refractivity contribution in [2.24, 2.45) is 11.1 Å². The van der Waals surface area contributed by atoms with Crippen molar-refractivity contribution in [1.82, 2.24) is 10.6 Å². The normalized spacial score (nSPS) is 25.7. The molecule has 0 saturated heterocycles. The van der Waals surface area contributed by atoms with Crippen molar-refractivity contribution in [3.05, 3.63) is 64.7 Å². The highest BCUT2D eigenvalue weighted by Crippen LogP contribution is 2.57. The fourth-order valence-electron chi connectivity index (χ4n) is 4.90. The molecule has 3 aliphatic rings. The van der Waals surface area contributed by atoms with Gasteiger partial charge in [-0.05, 0) is 63.2 Å². The van der Waals surface area contributed by atoms with E-state index in [2.05, 4.69) is 10.6 Å². The molecule has 1 heterocycles. The molecule has 1 aromatic carbocycles. The lowest BCUT2D eigenvalue weighted by molar-refractivity contribution is -0.123. The first-order chi connectivity index (χ1) is 17.4. The molecule has 2 amide bonds. The van der Waals surface area contributed by atoms with E-state index in [0.717, 1.165) is 12.3 Å². The predicted octanol–water partition coefficient (Wildman–Crippen LogP) is 2.56. The Labute approximate surface area is 212 Å². The number of aliphatic hydroxyl groups is 1. The van der Waals surface area contributed by atoms with Crippen LogP contribution in [-0.4, -0.2) is 47.5 Å². The van der Waals surface area contributed by atoms with Crippen LogP contribution in [0.2, 0.25) is 0 Å². The first-order valence-corrected chi connectivity index (χ1v) is 11.9. The molecule has 1 aromatic rings. The molecule has 4 rings (SSSR count). The molecule has 0 atom stereocenters. The molecule has 37 heavy (non-hydrogen) atoms. The van der Waals surface area contributed by atoms with Gasteiger partial charge in [-0.2, -0.15) is 0 Å². The lowest BCUT2D eigenvalue weighted by atomic mass is 9.53. The third-order valence-electron chi connectivity index (χ3n) is 6.63. The molecule has 11 heteroatoms. The second-order valence-electron chi connectivity index (χ2n) is 10.5. The van der Waals surface area contributed by atoms with Gasteiger partial charge in [0, 0.05) is 24.5 Å². The van der Waals surface area contributed by atoms with E-state index in [1.54, 1.807) is 32.2 Å². The van der Waals surface area contributed by atoms with E-state index in [1.165, 1.54) is 0 Å². The summed E-state index contributed by atoms with van der Waals surface area (Å²) in [5.41, 5.74) is 4.47. The smallest absolute Gasteiger partial charge is 0.255 e. The summed E-state index contributed by atoms with van der Waals surface area (Å²) in [6.45, 7) is 3.36. The van der Waals surface area contributed by atoms with Crippen molar-refractivity contribution in [2.45, 2.75) is 57.3 Å². The van der Waals surface area contributed by atoms with E-state index >= 15 is 0 Å². The van der Waals surface area contributed by atoms with Crippen molar-refractivity contribution in [2.75, 3.05) is 6.61 Å². The van der Waals surface area contributed by atoms with Crippen LogP contribution in [0.3, 0.4) is 0 Å². The van der Waals surface area contributed by atoms with Crippen molar-refractivity contribution >= 4 is 18.0 Å². The van der Waals surface area contributed by atoms with Gasteiger partial charge in [0.2, 0.25) is 0 Å². The van der Waals surface area contributed by atoms with Gasteiger partial charge in [0.1, 0.15) is 18.2 Å². The molecule has 0 unspecified atom stereocenters. The lowest BCUT2D eigenvalue weighted by Crippen LogP contribution is -2.59. The number of amides is 2. The maximum atomic E-state index is 14.2. The van der Waals surface area contributed by atoms with Crippen LogP contribution in [0.5, 0.6) is 5.75 Å². The van der Waals surface area contributed by atoms with Gasteiger partial charge in [0.05, 0.1) is 28.5 Å². The highest BCUT2D eigenvalue weighted by atomic mass is 19.1. The van der Waals surface area contributed by atoms with Crippen LogP contribution >= 0.6 is 0 Å². The summed E-state index contributed by atoms with van der Waals surface area (Å²) in [6, 6.07) is 1.42. The molecule has 1 spiro atoms.